The number of rotatable bonds is 3. The fraction of sp³-hybridized carbons (Fsp3) is 0.316. The first-order valence-corrected chi connectivity index (χ1v) is 9.59. The molecule has 1 heterocycles. The molecule has 0 radical (unpaired) electrons. The molecular formula is C19H21NO3S. The third-order valence-electron chi connectivity index (χ3n) is 4.70. The monoisotopic (exact) mass is 343 g/mol. The minimum absolute atomic E-state index is 0.0936. The lowest BCUT2D eigenvalue weighted by molar-refractivity contribution is 0.0793. The molecule has 4 nitrogen and oxygen atoms in total. The normalized spacial score (nSPS) is 17.9. The van der Waals surface area contributed by atoms with Crippen molar-refractivity contribution in [3.63, 3.8) is 0 Å². The van der Waals surface area contributed by atoms with Crippen LogP contribution >= 0.6 is 0 Å². The summed E-state index contributed by atoms with van der Waals surface area (Å²) in [5, 5.41) is -0.532. The van der Waals surface area contributed by atoms with E-state index in [0.29, 0.717) is 23.4 Å². The Bertz CT molecular complexity index is 859. The average molecular weight is 343 g/mol. The number of carbonyl (C=O) groups excluding carboxylic acids is 1. The van der Waals surface area contributed by atoms with Gasteiger partial charge < -0.3 is 4.90 Å². The van der Waals surface area contributed by atoms with Crippen LogP contribution in [0, 0.1) is 13.8 Å². The fourth-order valence-corrected chi connectivity index (χ4v) is 4.74. The van der Waals surface area contributed by atoms with Crippen LogP contribution in [-0.4, -0.2) is 37.6 Å². The zero-order valence-electron chi connectivity index (χ0n) is 13.9. The van der Waals surface area contributed by atoms with Crippen molar-refractivity contribution in [1.82, 2.24) is 4.90 Å². The molecule has 24 heavy (non-hydrogen) atoms. The molecule has 2 aromatic carbocycles. The second kappa shape index (κ2) is 6.40. The van der Waals surface area contributed by atoms with E-state index in [0.717, 1.165) is 11.1 Å². The van der Waals surface area contributed by atoms with Crippen molar-refractivity contribution in [3.8, 4) is 0 Å². The summed E-state index contributed by atoms with van der Waals surface area (Å²) in [7, 11) is -3.40. The van der Waals surface area contributed by atoms with Gasteiger partial charge in [-0.3, -0.25) is 4.79 Å². The molecule has 3 rings (SSSR count). The van der Waals surface area contributed by atoms with Crippen molar-refractivity contribution in [2.45, 2.75) is 30.4 Å². The third kappa shape index (κ3) is 3.08. The topological polar surface area (TPSA) is 54.5 Å². The van der Waals surface area contributed by atoms with Crippen LogP contribution in [0.25, 0.3) is 0 Å². The van der Waals surface area contributed by atoms with Crippen LogP contribution in [0.3, 0.4) is 0 Å². The van der Waals surface area contributed by atoms with Crippen LogP contribution in [0.5, 0.6) is 0 Å². The predicted molar refractivity (Wildman–Crippen MR) is 93.9 cm³/mol. The van der Waals surface area contributed by atoms with Gasteiger partial charge in [0, 0.05) is 18.7 Å². The van der Waals surface area contributed by atoms with Crippen LogP contribution in [0.2, 0.25) is 0 Å². The highest BCUT2D eigenvalue weighted by atomic mass is 32.2. The summed E-state index contributed by atoms with van der Waals surface area (Å²) in [5.41, 5.74) is 2.82. The Labute approximate surface area is 143 Å². The molecule has 1 fully saturated rings. The largest absolute Gasteiger partial charge is 0.337 e. The standard InChI is InChI=1S/C19H21NO3S/c1-14-8-9-16(12-15(14)2)19(21)20-11-10-18(13-20)24(22,23)17-6-4-3-5-7-17/h3-9,12,18H,10-11,13H2,1-2H3. The molecule has 0 aromatic heterocycles. The van der Waals surface area contributed by atoms with Gasteiger partial charge in [-0.25, -0.2) is 8.42 Å². The Morgan fingerprint density at radius 3 is 2.42 bits per heavy atom. The van der Waals surface area contributed by atoms with Crippen molar-refractivity contribution >= 4 is 15.7 Å². The number of sulfone groups is 1. The number of carbonyl (C=O) groups is 1. The molecule has 0 bridgehead atoms. The van der Waals surface area contributed by atoms with E-state index in [-0.39, 0.29) is 12.5 Å². The number of nitrogens with zero attached hydrogens (tertiary/aromatic N) is 1. The van der Waals surface area contributed by atoms with E-state index in [2.05, 4.69) is 0 Å². The second-order valence-corrected chi connectivity index (χ2v) is 8.55. The molecule has 0 spiro atoms. The van der Waals surface area contributed by atoms with Crippen LogP contribution in [-0.2, 0) is 9.84 Å². The van der Waals surface area contributed by atoms with E-state index >= 15 is 0 Å². The minimum atomic E-state index is -3.40. The van der Waals surface area contributed by atoms with Gasteiger partial charge in [0.1, 0.15) is 0 Å². The molecule has 0 aliphatic carbocycles. The van der Waals surface area contributed by atoms with E-state index in [1.165, 1.54) is 0 Å². The van der Waals surface area contributed by atoms with E-state index < -0.39 is 15.1 Å². The van der Waals surface area contributed by atoms with Crippen molar-refractivity contribution in [2.24, 2.45) is 0 Å². The number of hydrogen-bond acceptors (Lipinski definition) is 3. The maximum Gasteiger partial charge on any atom is 0.253 e. The molecular weight excluding hydrogens is 322 g/mol. The number of aryl methyl sites for hydroxylation is 2. The van der Waals surface area contributed by atoms with Crippen molar-refractivity contribution < 1.29 is 13.2 Å². The lowest BCUT2D eigenvalue weighted by Crippen LogP contribution is -2.32. The number of amides is 1. The zero-order valence-corrected chi connectivity index (χ0v) is 14.7. The Hall–Kier alpha value is -2.14. The molecule has 1 aliphatic heterocycles. The lowest BCUT2D eigenvalue weighted by Gasteiger charge is -2.17. The van der Waals surface area contributed by atoms with E-state index in [4.69, 9.17) is 0 Å². The van der Waals surface area contributed by atoms with E-state index in [1.807, 2.05) is 32.0 Å². The highest BCUT2D eigenvalue weighted by molar-refractivity contribution is 7.92. The Balaban J connectivity index is 1.78. The average Bonchev–Trinajstić information content (AvgIpc) is 3.08. The SMILES string of the molecule is Cc1ccc(C(=O)N2CCC(S(=O)(=O)c3ccccc3)C2)cc1C. The molecule has 2 aromatic rings. The third-order valence-corrected chi connectivity index (χ3v) is 6.89. The number of likely N-dealkylation sites (tertiary alicyclic amines) is 1. The van der Waals surface area contributed by atoms with Gasteiger partial charge in [-0.15, -0.1) is 0 Å². The van der Waals surface area contributed by atoms with Crippen LogP contribution < -0.4 is 0 Å². The highest BCUT2D eigenvalue weighted by Crippen LogP contribution is 2.25. The number of hydrogen-bond donors (Lipinski definition) is 0. The number of benzene rings is 2. The van der Waals surface area contributed by atoms with Crippen LogP contribution in [0.4, 0.5) is 0 Å². The predicted octanol–water partition coefficient (Wildman–Crippen LogP) is 2.99. The molecule has 1 amide bonds. The molecule has 1 unspecified atom stereocenters. The molecule has 0 N–H and O–H groups in total. The van der Waals surface area contributed by atoms with Crippen molar-refractivity contribution in [1.29, 1.82) is 0 Å². The molecule has 1 saturated heterocycles. The maximum atomic E-state index is 12.7. The Kier molecular flexibility index (Phi) is 4.45. The van der Waals surface area contributed by atoms with Gasteiger partial charge in [-0.1, -0.05) is 24.3 Å². The summed E-state index contributed by atoms with van der Waals surface area (Å²) in [6.45, 7) is 4.70. The molecule has 1 aliphatic rings. The summed E-state index contributed by atoms with van der Waals surface area (Å²) in [6.07, 6.45) is 0.480. The quantitative estimate of drug-likeness (QED) is 0.861. The first-order valence-electron chi connectivity index (χ1n) is 8.05. The minimum Gasteiger partial charge on any atom is -0.337 e. The zero-order chi connectivity index (χ0) is 17.3. The summed E-state index contributed by atoms with van der Waals surface area (Å²) in [4.78, 5) is 14.6. The van der Waals surface area contributed by atoms with E-state index in [9.17, 15) is 13.2 Å². The first kappa shape index (κ1) is 16.7. The molecule has 5 heteroatoms. The van der Waals surface area contributed by atoms with Gasteiger partial charge in [0.25, 0.3) is 5.91 Å². The lowest BCUT2D eigenvalue weighted by atomic mass is 10.1. The molecule has 126 valence electrons. The second-order valence-electron chi connectivity index (χ2n) is 6.32. The fourth-order valence-electron chi connectivity index (χ4n) is 3.03. The smallest absolute Gasteiger partial charge is 0.253 e. The molecule has 1 atom stereocenters. The summed E-state index contributed by atoms with van der Waals surface area (Å²) in [5.74, 6) is -0.0936. The van der Waals surface area contributed by atoms with Gasteiger partial charge in [-0.2, -0.15) is 0 Å². The van der Waals surface area contributed by atoms with Crippen LogP contribution in [0.1, 0.15) is 27.9 Å². The van der Waals surface area contributed by atoms with Gasteiger partial charge in [0.2, 0.25) is 0 Å². The van der Waals surface area contributed by atoms with Gasteiger partial charge in [0.15, 0.2) is 9.84 Å². The van der Waals surface area contributed by atoms with Gasteiger partial charge in [-0.05, 0) is 55.7 Å². The van der Waals surface area contributed by atoms with Crippen LogP contribution in [0.15, 0.2) is 53.4 Å². The Morgan fingerprint density at radius 1 is 1.04 bits per heavy atom. The summed E-state index contributed by atoms with van der Waals surface area (Å²) >= 11 is 0. The maximum absolute atomic E-state index is 12.7. The highest BCUT2D eigenvalue weighted by Gasteiger charge is 2.36. The molecule has 0 saturated carbocycles. The summed E-state index contributed by atoms with van der Waals surface area (Å²) in [6, 6.07) is 14.1. The Morgan fingerprint density at radius 2 is 1.75 bits per heavy atom. The van der Waals surface area contributed by atoms with Gasteiger partial charge in [0.05, 0.1) is 10.1 Å². The van der Waals surface area contributed by atoms with Crippen molar-refractivity contribution in [3.05, 3.63) is 65.2 Å². The summed E-state index contributed by atoms with van der Waals surface area (Å²) < 4.78 is 25.4. The van der Waals surface area contributed by atoms with Crippen molar-refractivity contribution in [2.75, 3.05) is 13.1 Å². The van der Waals surface area contributed by atoms with Gasteiger partial charge >= 0.3 is 0 Å². The van der Waals surface area contributed by atoms with E-state index in [1.54, 1.807) is 35.2 Å². The first-order chi connectivity index (χ1) is 11.4.